The number of fused-ring (bicyclic) bond motifs is 1. The van der Waals surface area contributed by atoms with Crippen LogP contribution in [0.1, 0.15) is 107 Å². The highest BCUT2D eigenvalue weighted by Gasteiger charge is 2.20. The minimum absolute atomic E-state index is 0.403. The molecule has 32 heavy (non-hydrogen) atoms. The summed E-state index contributed by atoms with van der Waals surface area (Å²) in [6.07, 6.45) is 19.8. The van der Waals surface area contributed by atoms with Crippen LogP contribution in [0, 0.1) is 6.92 Å². The van der Waals surface area contributed by atoms with E-state index in [-0.39, 0.29) is 0 Å². The first-order valence-electron chi connectivity index (χ1n) is 12.4. The van der Waals surface area contributed by atoms with Crippen LogP contribution in [0.5, 0.6) is 0 Å². The van der Waals surface area contributed by atoms with Gasteiger partial charge in [0.1, 0.15) is 5.58 Å². The van der Waals surface area contributed by atoms with Gasteiger partial charge in [-0.2, -0.15) is 0 Å². The summed E-state index contributed by atoms with van der Waals surface area (Å²) in [4.78, 5) is 23.5. The first kappa shape index (κ1) is 25.9. The molecule has 0 spiro atoms. The van der Waals surface area contributed by atoms with E-state index < -0.39 is 17.5 Å². The third kappa shape index (κ3) is 9.02. The van der Waals surface area contributed by atoms with Crippen LogP contribution >= 0.6 is 0 Å². The molecule has 1 N–H and O–H groups in total. The molecule has 1 heterocycles. The Hall–Kier alpha value is -2.36. The van der Waals surface area contributed by atoms with Gasteiger partial charge in [-0.15, -0.1) is 0 Å². The first-order valence-corrected chi connectivity index (χ1v) is 12.4. The average molecular weight is 441 g/mol. The third-order valence-corrected chi connectivity index (χ3v) is 6.18. The van der Waals surface area contributed by atoms with Gasteiger partial charge in [0, 0.05) is 11.5 Å². The number of aliphatic carboxylic acids is 1. The van der Waals surface area contributed by atoms with E-state index in [4.69, 9.17) is 4.42 Å². The number of carbonyl (C=O) groups is 1. The van der Waals surface area contributed by atoms with Gasteiger partial charge < -0.3 is 9.52 Å². The molecule has 0 fully saturated rings. The lowest BCUT2D eigenvalue weighted by Gasteiger charge is -2.13. The van der Waals surface area contributed by atoms with Crippen molar-refractivity contribution in [2.24, 2.45) is 0 Å². The Labute approximate surface area is 192 Å². The second kappa shape index (κ2) is 14.7. The number of hydrogen-bond acceptors (Lipinski definition) is 3. The van der Waals surface area contributed by atoms with E-state index in [1.54, 1.807) is 6.07 Å². The highest BCUT2D eigenvalue weighted by molar-refractivity contribution is 5.83. The van der Waals surface area contributed by atoms with Crippen LogP contribution in [0.3, 0.4) is 0 Å². The Morgan fingerprint density at radius 1 is 0.938 bits per heavy atom. The van der Waals surface area contributed by atoms with Crippen LogP contribution in [-0.4, -0.2) is 11.1 Å². The molecule has 1 aromatic heterocycles. The summed E-state index contributed by atoms with van der Waals surface area (Å²) < 4.78 is 5.28. The lowest BCUT2D eigenvalue weighted by Crippen LogP contribution is -2.12. The van der Waals surface area contributed by atoms with E-state index >= 15 is 0 Å². The van der Waals surface area contributed by atoms with Crippen LogP contribution in [0.15, 0.2) is 45.6 Å². The van der Waals surface area contributed by atoms with Gasteiger partial charge in [-0.25, -0.2) is 4.79 Å². The quantitative estimate of drug-likeness (QED) is 0.163. The molecule has 0 saturated carbocycles. The Bertz CT molecular complexity index is 909. The topological polar surface area (TPSA) is 67.5 Å². The normalized spacial score (nSPS) is 12.6. The molecule has 1 unspecified atom stereocenters. The maximum absolute atomic E-state index is 11.8. The van der Waals surface area contributed by atoms with Crippen molar-refractivity contribution < 1.29 is 14.3 Å². The van der Waals surface area contributed by atoms with E-state index in [0.717, 1.165) is 43.1 Å². The Balaban J connectivity index is 1.68. The number of carboxylic acids is 1. The summed E-state index contributed by atoms with van der Waals surface area (Å²) in [7, 11) is 0. The number of benzene rings is 1. The minimum Gasteiger partial charge on any atom is -0.481 e. The Morgan fingerprint density at radius 2 is 1.56 bits per heavy atom. The lowest BCUT2D eigenvalue weighted by atomic mass is 9.92. The monoisotopic (exact) mass is 440 g/mol. The average Bonchev–Trinajstić information content (AvgIpc) is 2.75. The van der Waals surface area contributed by atoms with Gasteiger partial charge in [-0.3, -0.25) is 4.79 Å². The number of hydrogen-bond donors (Lipinski definition) is 1. The third-order valence-electron chi connectivity index (χ3n) is 6.18. The first-order chi connectivity index (χ1) is 15.5. The number of allylic oxidation sites excluding steroid dienone is 2. The van der Waals surface area contributed by atoms with Crippen molar-refractivity contribution in [2.75, 3.05) is 0 Å². The molecular formula is C28H40O4. The molecule has 0 radical (unpaired) electrons. The van der Waals surface area contributed by atoms with Crippen molar-refractivity contribution in [2.45, 2.75) is 103 Å². The summed E-state index contributed by atoms with van der Waals surface area (Å²) in [5.41, 5.74) is 1.61. The van der Waals surface area contributed by atoms with Gasteiger partial charge >= 0.3 is 11.6 Å². The number of aryl methyl sites for hydroxylation is 1. The molecule has 0 aliphatic carbocycles. The van der Waals surface area contributed by atoms with Crippen molar-refractivity contribution in [3.8, 4) is 0 Å². The second-order valence-electron chi connectivity index (χ2n) is 8.91. The fraction of sp³-hybridized carbons (Fsp3) is 0.571. The largest absolute Gasteiger partial charge is 0.481 e. The van der Waals surface area contributed by atoms with Crippen molar-refractivity contribution in [1.82, 2.24) is 0 Å². The molecule has 0 saturated heterocycles. The number of unbranched alkanes of at least 4 members (excludes halogenated alkanes) is 10. The zero-order chi connectivity index (χ0) is 23.2. The highest BCUT2D eigenvalue weighted by atomic mass is 16.4. The lowest BCUT2D eigenvalue weighted by molar-refractivity contribution is -0.139. The Kier molecular flexibility index (Phi) is 11.9. The number of carboxylic acid groups (broad SMARTS) is 1. The van der Waals surface area contributed by atoms with Crippen LogP contribution < -0.4 is 5.63 Å². The summed E-state index contributed by atoms with van der Waals surface area (Å²) >= 11 is 0. The molecule has 4 heteroatoms. The maximum atomic E-state index is 11.8. The molecule has 2 rings (SSSR count). The molecule has 4 nitrogen and oxygen atoms in total. The van der Waals surface area contributed by atoms with Gasteiger partial charge in [0.2, 0.25) is 0 Å². The zero-order valence-corrected chi connectivity index (χ0v) is 19.9. The minimum atomic E-state index is -0.822. The summed E-state index contributed by atoms with van der Waals surface area (Å²) in [5, 5.41) is 10.6. The molecule has 2 aromatic rings. The van der Waals surface area contributed by atoms with E-state index in [0.29, 0.717) is 17.6 Å². The van der Waals surface area contributed by atoms with Crippen LogP contribution in [0.4, 0.5) is 0 Å². The summed E-state index contributed by atoms with van der Waals surface area (Å²) in [6.45, 7) is 4.11. The molecule has 0 aliphatic rings. The molecule has 0 amide bonds. The van der Waals surface area contributed by atoms with Gasteiger partial charge in [0.15, 0.2) is 0 Å². The fourth-order valence-corrected chi connectivity index (χ4v) is 4.23. The Morgan fingerprint density at radius 3 is 2.22 bits per heavy atom. The molecular weight excluding hydrogens is 400 g/mol. The zero-order valence-electron chi connectivity index (χ0n) is 19.9. The predicted octanol–water partition coefficient (Wildman–Crippen LogP) is 7.92. The van der Waals surface area contributed by atoms with E-state index in [1.807, 2.05) is 19.1 Å². The van der Waals surface area contributed by atoms with Gasteiger partial charge in [-0.05, 0) is 56.2 Å². The highest BCUT2D eigenvalue weighted by Crippen LogP contribution is 2.27. The predicted molar refractivity (Wildman–Crippen MR) is 132 cm³/mol. The molecule has 0 aliphatic heterocycles. The number of rotatable bonds is 16. The van der Waals surface area contributed by atoms with Gasteiger partial charge in [0.25, 0.3) is 0 Å². The van der Waals surface area contributed by atoms with Crippen LogP contribution in [0.2, 0.25) is 0 Å². The molecule has 1 atom stereocenters. The van der Waals surface area contributed by atoms with E-state index in [9.17, 15) is 14.7 Å². The van der Waals surface area contributed by atoms with Gasteiger partial charge in [-0.1, -0.05) is 82.6 Å². The molecule has 0 bridgehead atoms. The maximum Gasteiger partial charge on any atom is 0.336 e. The SMILES string of the molecule is CCCCCCCC/C=C\CCCCCCC(C(=O)O)c1ccc2c(C)cc(=O)oc2c1. The summed E-state index contributed by atoms with van der Waals surface area (Å²) in [5.74, 6) is -1.39. The van der Waals surface area contributed by atoms with Crippen LogP contribution in [-0.2, 0) is 4.79 Å². The second-order valence-corrected chi connectivity index (χ2v) is 8.91. The van der Waals surface area contributed by atoms with Crippen molar-refractivity contribution in [3.63, 3.8) is 0 Å². The molecule has 176 valence electrons. The smallest absolute Gasteiger partial charge is 0.336 e. The standard InChI is InChI=1S/C28H40O4/c1-3-4-5-6-7-8-9-10-11-12-13-14-15-16-17-25(28(30)31)23-18-19-24-22(2)20-27(29)32-26(24)21-23/h10-11,18-21,25H,3-9,12-17H2,1-2H3,(H,30,31)/b11-10-. The van der Waals surface area contributed by atoms with Gasteiger partial charge in [0.05, 0.1) is 5.92 Å². The summed E-state index contributed by atoms with van der Waals surface area (Å²) in [6, 6.07) is 6.89. The van der Waals surface area contributed by atoms with E-state index in [2.05, 4.69) is 19.1 Å². The van der Waals surface area contributed by atoms with Crippen molar-refractivity contribution >= 4 is 16.9 Å². The molecule has 1 aromatic carbocycles. The fourth-order valence-electron chi connectivity index (χ4n) is 4.23. The van der Waals surface area contributed by atoms with E-state index in [1.165, 1.54) is 51.0 Å². The van der Waals surface area contributed by atoms with Crippen LogP contribution in [0.25, 0.3) is 11.0 Å². The van der Waals surface area contributed by atoms with Crippen molar-refractivity contribution in [1.29, 1.82) is 0 Å². The van der Waals surface area contributed by atoms with Crippen molar-refractivity contribution in [3.05, 3.63) is 58.0 Å².